The second-order valence-corrected chi connectivity index (χ2v) is 12.4. The Morgan fingerprint density at radius 3 is 2.71 bits per heavy atom. The summed E-state index contributed by atoms with van der Waals surface area (Å²) in [5.74, 6) is 0.358. The number of carbonyl (C=O) groups is 1. The third kappa shape index (κ3) is 5.46. The highest BCUT2D eigenvalue weighted by atomic mass is 32.2. The van der Waals surface area contributed by atoms with E-state index in [0.29, 0.717) is 24.7 Å². The second kappa shape index (κ2) is 11.4. The quantitative estimate of drug-likeness (QED) is 0.308. The summed E-state index contributed by atoms with van der Waals surface area (Å²) in [6, 6.07) is 15.2. The third-order valence-corrected chi connectivity index (χ3v) is 9.36. The SMILES string of the molecule is CCOC(=O)C[C@@H]1c2ccc(C)c(c2)CN2Cc3cc(ccc3OS2(=O)=O)OCCCCn2nnc3c(C)c1ccc32. The van der Waals surface area contributed by atoms with Gasteiger partial charge in [-0.3, -0.25) is 4.79 Å². The van der Waals surface area contributed by atoms with E-state index in [0.717, 1.165) is 57.3 Å². The summed E-state index contributed by atoms with van der Waals surface area (Å²) in [5.41, 5.74) is 7.02. The first-order chi connectivity index (χ1) is 20.2. The van der Waals surface area contributed by atoms with Gasteiger partial charge in [-0.15, -0.1) is 5.10 Å². The molecule has 9 bridgehead atoms. The summed E-state index contributed by atoms with van der Waals surface area (Å²) in [5, 5.41) is 8.94. The number of esters is 1. The Labute approximate surface area is 245 Å². The van der Waals surface area contributed by atoms with Gasteiger partial charge in [-0.25, -0.2) is 4.68 Å². The van der Waals surface area contributed by atoms with Crippen LogP contribution in [0, 0.1) is 13.8 Å². The van der Waals surface area contributed by atoms with Crippen LogP contribution in [0.4, 0.5) is 0 Å². The van der Waals surface area contributed by atoms with Crippen molar-refractivity contribution < 1.29 is 26.9 Å². The van der Waals surface area contributed by atoms with E-state index < -0.39 is 10.3 Å². The molecule has 0 N–H and O–H groups in total. The number of aryl methyl sites for hydroxylation is 3. The molecule has 10 nitrogen and oxygen atoms in total. The van der Waals surface area contributed by atoms with Gasteiger partial charge >= 0.3 is 16.3 Å². The van der Waals surface area contributed by atoms with Gasteiger partial charge in [0, 0.05) is 31.1 Å². The highest BCUT2D eigenvalue weighted by Crippen LogP contribution is 2.37. The van der Waals surface area contributed by atoms with E-state index in [1.54, 1.807) is 19.1 Å². The number of aromatic nitrogens is 3. The molecule has 0 amide bonds. The third-order valence-electron chi connectivity index (χ3n) is 8.08. The molecule has 42 heavy (non-hydrogen) atoms. The van der Waals surface area contributed by atoms with Crippen molar-refractivity contribution in [3.05, 3.63) is 81.9 Å². The highest BCUT2D eigenvalue weighted by molar-refractivity contribution is 7.84. The number of hydrogen-bond acceptors (Lipinski definition) is 8. The lowest BCUT2D eigenvalue weighted by atomic mass is 9.84. The Hall–Kier alpha value is -3.96. The molecule has 3 aliphatic rings. The first-order valence-electron chi connectivity index (χ1n) is 14.3. The van der Waals surface area contributed by atoms with Gasteiger partial charge in [-0.2, -0.15) is 12.7 Å². The Kier molecular flexibility index (Phi) is 7.63. The molecule has 220 valence electrons. The van der Waals surface area contributed by atoms with E-state index in [1.165, 1.54) is 4.31 Å². The summed E-state index contributed by atoms with van der Waals surface area (Å²) in [4.78, 5) is 12.8. The average molecular weight is 591 g/mol. The first-order valence-corrected chi connectivity index (χ1v) is 15.6. The number of benzene rings is 3. The van der Waals surface area contributed by atoms with E-state index >= 15 is 0 Å². The Balaban J connectivity index is 1.47. The summed E-state index contributed by atoms with van der Waals surface area (Å²) in [7, 11) is -4.01. The van der Waals surface area contributed by atoms with Crippen molar-refractivity contribution in [2.24, 2.45) is 0 Å². The lowest BCUT2D eigenvalue weighted by molar-refractivity contribution is -0.143. The number of nitrogens with zero attached hydrogens (tertiary/aromatic N) is 4. The van der Waals surface area contributed by atoms with Gasteiger partial charge in [0.1, 0.15) is 17.0 Å². The van der Waals surface area contributed by atoms with Crippen LogP contribution in [-0.2, 0) is 39.5 Å². The minimum absolute atomic E-state index is 0.116. The fourth-order valence-corrected chi connectivity index (χ4v) is 6.85. The van der Waals surface area contributed by atoms with Crippen molar-refractivity contribution in [2.75, 3.05) is 13.2 Å². The zero-order chi connectivity index (χ0) is 29.4. The molecule has 0 saturated heterocycles. The predicted molar refractivity (Wildman–Crippen MR) is 157 cm³/mol. The van der Waals surface area contributed by atoms with Gasteiger partial charge in [-0.05, 0) is 85.7 Å². The van der Waals surface area contributed by atoms with Crippen molar-refractivity contribution >= 4 is 27.3 Å². The Morgan fingerprint density at radius 2 is 1.88 bits per heavy atom. The maximum absolute atomic E-state index is 13.2. The van der Waals surface area contributed by atoms with E-state index in [2.05, 4.69) is 10.3 Å². The molecule has 3 aromatic carbocycles. The van der Waals surface area contributed by atoms with Crippen LogP contribution in [0.5, 0.6) is 11.5 Å². The minimum Gasteiger partial charge on any atom is -0.494 e. The maximum Gasteiger partial charge on any atom is 0.385 e. The van der Waals surface area contributed by atoms with Crippen molar-refractivity contribution in [1.82, 2.24) is 19.3 Å². The standard InChI is InChI=1S/C31H34N4O6S/c1-4-39-30(36)17-27-22-8-7-20(2)23(15-22)18-34-19-24-16-25(9-12-29(24)41-42(34,37)38)40-14-6-5-13-35-28-11-10-26(27)21(3)31(28)32-33-35/h7-12,15-16,27H,4-6,13-14,17-19H2,1-3H3/t27-/m1/s1. The van der Waals surface area contributed by atoms with Crippen LogP contribution in [0.25, 0.3) is 11.0 Å². The van der Waals surface area contributed by atoms with E-state index in [-0.39, 0.29) is 38.0 Å². The Morgan fingerprint density at radius 1 is 1.05 bits per heavy atom. The lowest BCUT2D eigenvalue weighted by Gasteiger charge is -2.29. The smallest absolute Gasteiger partial charge is 0.385 e. The molecule has 2 atom stereocenters. The van der Waals surface area contributed by atoms with Crippen LogP contribution in [0.15, 0.2) is 48.5 Å². The predicted octanol–water partition coefficient (Wildman–Crippen LogP) is 4.95. The van der Waals surface area contributed by atoms with Crippen LogP contribution in [0.3, 0.4) is 0 Å². The molecule has 11 heteroatoms. The van der Waals surface area contributed by atoms with Gasteiger partial charge in [0.05, 0.1) is 25.2 Å². The molecule has 0 radical (unpaired) electrons. The van der Waals surface area contributed by atoms with E-state index in [1.807, 2.05) is 54.9 Å². The topological polar surface area (TPSA) is 113 Å². The molecular formula is C31H34N4O6S. The molecule has 0 saturated carbocycles. The normalized spacial score (nSPS) is 19.8. The monoisotopic (exact) mass is 590 g/mol. The fraction of sp³-hybridized carbons (Fsp3) is 0.387. The number of rotatable bonds is 3. The zero-order valence-corrected chi connectivity index (χ0v) is 24.8. The fourth-order valence-electron chi connectivity index (χ4n) is 5.76. The molecule has 1 unspecified atom stereocenters. The molecule has 3 aliphatic heterocycles. The molecule has 4 aromatic rings. The van der Waals surface area contributed by atoms with Gasteiger partial charge < -0.3 is 13.7 Å². The van der Waals surface area contributed by atoms with E-state index in [9.17, 15) is 13.2 Å². The average Bonchev–Trinajstić information content (AvgIpc) is 3.37. The van der Waals surface area contributed by atoms with Crippen LogP contribution in [-0.4, -0.2) is 46.9 Å². The number of carbonyl (C=O) groups excluding carboxylic acids is 1. The molecule has 4 heterocycles. The number of ether oxygens (including phenoxy) is 2. The van der Waals surface area contributed by atoms with Crippen molar-refractivity contribution in [1.29, 1.82) is 0 Å². The second-order valence-electron chi connectivity index (χ2n) is 10.8. The zero-order valence-electron chi connectivity index (χ0n) is 24.0. The Bertz CT molecular complexity index is 1770. The molecule has 1 aromatic heterocycles. The van der Waals surface area contributed by atoms with Gasteiger partial charge in [0.15, 0.2) is 0 Å². The van der Waals surface area contributed by atoms with Crippen LogP contribution < -0.4 is 8.92 Å². The van der Waals surface area contributed by atoms with Gasteiger partial charge in [-0.1, -0.05) is 29.5 Å². The maximum atomic E-state index is 13.2. The molecule has 0 fully saturated rings. The van der Waals surface area contributed by atoms with Crippen molar-refractivity contribution in [2.45, 2.75) is 65.6 Å². The number of hydrogen-bond donors (Lipinski definition) is 0. The lowest BCUT2D eigenvalue weighted by Crippen LogP contribution is -2.37. The summed E-state index contributed by atoms with van der Waals surface area (Å²) >= 11 is 0. The van der Waals surface area contributed by atoms with Crippen LogP contribution in [0.1, 0.15) is 65.5 Å². The summed E-state index contributed by atoms with van der Waals surface area (Å²) in [6.07, 6.45) is 1.79. The van der Waals surface area contributed by atoms with Crippen LogP contribution >= 0.6 is 0 Å². The van der Waals surface area contributed by atoms with Gasteiger partial charge in [0.25, 0.3) is 0 Å². The highest BCUT2D eigenvalue weighted by Gasteiger charge is 2.33. The van der Waals surface area contributed by atoms with E-state index in [4.69, 9.17) is 13.7 Å². The van der Waals surface area contributed by atoms with Crippen molar-refractivity contribution in [3.8, 4) is 11.5 Å². The largest absolute Gasteiger partial charge is 0.494 e. The molecular weight excluding hydrogens is 556 g/mol. The van der Waals surface area contributed by atoms with Crippen LogP contribution in [0.2, 0.25) is 0 Å². The minimum atomic E-state index is -4.01. The molecule has 0 aliphatic carbocycles. The summed E-state index contributed by atoms with van der Waals surface area (Å²) < 4.78 is 46.4. The number of fused-ring (bicyclic) bond motifs is 5. The molecule has 7 rings (SSSR count). The summed E-state index contributed by atoms with van der Waals surface area (Å²) in [6.45, 7) is 7.52. The van der Waals surface area contributed by atoms with Crippen molar-refractivity contribution in [3.63, 3.8) is 0 Å². The van der Waals surface area contributed by atoms with Gasteiger partial charge in [0.2, 0.25) is 0 Å². The molecule has 0 spiro atoms. The first kappa shape index (κ1) is 28.2.